The quantitative estimate of drug-likeness (QED) is 0.0409. The van der Waals surface area contributed by atoms with E-state index in [9.17, 15) is 45.6 Å². The zero-order valence-corrected chi connectivity index (χ0v) is 34.2. The molecular formula is C44H71NO13. The summed E-state index contributed by atoms with van der Waals surface area (Å²) < 4.78 is 22.4. The van der Waals surface area contributed by atoms with Gasteiger partial charge in [0.05, 0.1) is 32.0 Å². The standard InChI is InChI=1S/C44H71NO13/c1-3-5-7-8-9-10-11-12-13-14-15-16-17-18-19-20-21-22-23-24-26-28-36(49)45-32(33(48)27-25-6-4-2)31-55-43-41(54)39(52)42(35(30-47)57-43)58-44-40(53)38(51)37(50)34(29-46)56-44/h5,7,9-10,12-13,15-16,18-19,21-22,25,27,32-35,37-44,46-48,50-54H,3-4,6,8,11,14,17,20,23-24,26,28-31H2,1-2H3,(H,45,49)/b7-5-,10-9-,13-12-,16-15-,19-18-,22-21-,27-25+. The van der Waals surface area contributed by atoms with Gasteiger partial charge in [0.2, 0.25) is 5.91 Å². The summed E-state index contributed by atoms with van der Waals surface area (Å²) in [5, 5.41) is 85.5. The minimum absolute atomic E-state index is 0.218. The summed E-state index contributed by atoms with van der Waals surface area (Å²) in [6, 6.07) is -0.937. The first-order chi connectivity index (χ1) is 28.1. The van der Waals surface area contributed by atoms with Gasteiger partial charge in [0.15, 0.2) is 12.6 Å². The predicted molar refractivity (Wildman–Crippen MR) is 221 cm³/mol. The molecule has 12 unspecified atom stereocenters. The van der Waals surface area contributed by atoms with Crippen LogP contribution in [0.3, 0.4) is 0 Å². The number of rotatable bonds is 28. The number of ether oxygens (including phenoxy) is 4. The van der Waals surface area contributed by atoms with E-state index in [-0.39, 0.29) is 18.9 Å². The van der Waals surface area contributed by atoms with E-state index in [1.54, 1.807) is 12.2 Å². The molecule has 0 radical (unpaired) electrons. The molecule has 0 aromatic carbocycles. The van der Waals surface area contributed by atoms with E-state index in [1.165, 1.54) is 0 Å². The second-order valence-corrected chi connectivity index (χ2v) is 14.4. The van der Waals surface area contributed by atoms with E-state index in [2.05, 4.69) is 85.2 Å². The van der Waals surface area contributed by atoms with Crippen molar-refractivity contribution >= 4 is 5.91 Å². The van der Waals surface area contributed by atoms with Gasteiger partial charge in [-0.25, -0.2) is 0 Å². The molecule has 2 saturated heterocycles. The Morgan fingerprint density at radius 3 is 1.72 bits per heavy atom. The number of aliphatic hydroxyl groups is 8. The fraction of sp³-hybridized carbons (Fsp3) is 0.659. The van der Waals surface area contributed by atoms with E-state index in [4.69, 9.17) is 18.9 Å². The van der Waals surface area contributed by atoms with Gasteiger partial charge < -0.3 is 65.1 Å². The maximum Gasteiger partial charge on any atom is 0.220 e. The van der Waals surface area contributed by atoms with Gasteiger partial charge in [-0.15, -0.1) is 0 Å². The Morgan fingerprint density at radius 2 is 1.17 bits per heavy atom. The number of unbranched alkanes of at least 4 members (excludes halogenated alkanes) is 3. The summed E-state index contributed by atoms with van der Waals surface area (Å²) in [5.41, 5.74) is 0. The summed E-state index contributed by atoms with van der Waals surface area (Å²) >= 11 is 0. The number of carbonyl (C=O) groups excluding carboxylic acids is 1. The molecule has 330 valence electrons. The smallest absolute Gasteiger partial charge is 0.220 e. The van der Waals surface area contributed by atoms with Crippen LogP contribution in [0.4, 0.5) is 0 Å². The minimum Gasteiger partial charge on any atom is -0.394 e. The van der Waals surface area contributed by atoms with Crippen LogP contribution in [0.15, 0.2) is 85.1 Å². The van der Waals surface area contributed by atoms with Crippen LogP contribution >= 0.6 is 0 Å². The van der Waals surface area contributed by atoms with Crippen LogP contribution in [0.25, 0.3) is 0 Å². The maximum atomic E-state index is 12.9. The van der Waals surface area contributed by atoms with Gasteiger partial charge in [-0.05, 0) is 64.2 Å². The van der Waals surface area contributed by atoms with Crippen LogP contribution < -0.4 is 5.32 Å². The summed E-state index contributed by atoms with van der Waals surface area (Å²) in [6.45, 7) is 2.35. The molecule has 0 aliphatic carbocycles. The van der Waals surface area contributed by atoms with Gasteiger partial charge in [0.25, 0.3) is 0 Å². The Labute approximate surface area is 344 Å². The van der Waals surface area contributed by atoms with Crippen LogP contribution in [0.1, 0.15) is 90.9 Å². The highest BCUT2D eigenvalue weighted by Gasteiger charge is 2.50. The van der Waals surface area contributed by atoms with Gasteiger partial charge in [0.1, 0.15) is 48.8 Å². The van der Waals surface area contributed by atoms with Crippen molar-refractivity contribution in [1.82, 2.24) is 5.32 Å². The third-order valence-corrected chi connectivity index (χ3v) is 9.57. The van der Waals surface area contributed by atoms with Gasteiger partial charge in [-0.2, -0.15) is 0 Å². The second kappa shape index (κ2) is 31.1. The fourth-order valence-electron chi connectivity index (χ4n) is 6.12. The maximum absolute atomic E-state index is 12.9. The highest BCUT2D eigenvalue weighted by Crippen LogP contribution is 2.29. The lowest BCUT2D eigenvalue weighted by Gasteiger charge is -2.46. The zero-order valence-electron chi connectivity index (χ0n) is 34.2. The van der Waals surface area contributed by atoms with Crippen LogP contribution in [0.2, 0.25) is 0 Å². The number of hydrogen-bond donors (Lipinski definition) is 9. The first-order valence-electron chi connectivity index (χ1n) is 20.8. The first kappa shape index (κ1) is 51.3. The molecule has 0 aromatic rings. The third-order valence-electron chi connectivity index (χ3n) is 9.57. The molecule has 58 heavy (non-hydrogen) atoms. The predicted octanol–water partition coefficient (Wildman–Crippen LogP) is 3.09. The fourth-order valence-corrected chi connectivity index (χ4v) is 6.12. The highest BCUT2D eigenvalue weighted by atomic mass is 16.7. The molecule has 2 aliphatic rings. The van der Waals surface area contributed by atoms with E-state index in [1.807, 2.05) is 6.92 Å². The van der Waals surface area contributed by atoms with Crippen LogP contribution in [0.5, 0.6) is 0 Å². The highest BCUT2D eigenvalue weighted by molar-refractivity contribution is 5.76. The van der Waals surface area contributed by atoms with Crippen molar-refractivity contribution in [2.24, 2.45) is 0 Å². The van der Waals surface area contributed by atoms with E-state index < -0.39 is 86.8 Å². The van der Waals surface area contributed by atoms with Crippen molar-refractivity contribution < 1.29 is 64.6 Å². The summed E-state index contributed by atoms with van der Waals surface area (Å²) in [5.74, 6) is -0.300. The molecule has 14 nitrogen and oxygen atoms in total. The van der Waals surface area contributed by atoms with Crippen molar-refractivity contribution in [2.75, 3.05) is 19.8 Å². The summed E-state index contributed by atoms with van der Waals surface area (Å²) in [4.78, 5) is 12.9. The van der Waals surface area contributed by atoms with E-state index >= 15 is 0 Å². The Kier molecular flexibility index (Phi) is 27.5. The Bertz CT molecular complexity index is 1300. The number of nitrogens with one attached hydrogen (secondary N) is 1. The molecule has 9 N–H and O–H groups in total. The molecule has 0 aromatic heterocycles. The van der Waals surface area contributed by atoms with Gasteiger partial charge in [-0.3, -0.25) is 4.79 Å². The molecule has 0 bridgehead atoms. The SMILES string of the molecule is CC/C=C\C/C=C\C/C=C\C/C=C\C/C=C\C/C=C\CCCCC(=O)NC(COC1OC(CO)C(OC2OC(CO)C(O)C(O)C2O)C(O)C1O)C(O)/C=C/CCC. The number of aliphatic hydroxyl groups excluding tert-OH is 8. The largest absolute Gasteiger partial charge is 0.394 e. The Balaban J connectivity index is 1.78. The number of carbonyl (C=O) groups is 1. The van der Waals surface area contributed by atoms with Crippen molar-refractivity contribution in [1.29, 1.82) is 0 Å². The van der Waals surface area contributed by atoms with Crippen LogP contribution in [-0.4, -0.2) is 140 Å². The molecule has 2 fully saturated rings. The molecule has 2 aliphatic heterocycles. The first-order valence-corrected chi connectivity index (χ1v) is 20.8. The molecule has 0 saturated carbocycles. The topological polar surface area (TPSA) is 228 Å². The molecule has 2 rings (SSSR count). The zero-order chi connectivity index (χ0) is 42.5. The Hall–Kier alpha value is -2.83. The number of allylic oxidation sites excluding steroid dienone is 13. The number of amides is 1. The molecule has 2 heterocycles. The molecule has 1 amide bonds. The lowest BCUT2D eigenvalue weighted by Crippen LogP contribution is -2.65. The van der Waals surface area contributed by atoms with Gasteiger partial charge in [0, 0.05) is 6.42 Å². The van der Waals surface area contributed by atoms with Crippen molar-refractivity contribution in [3.05, 3.63) is 85.1 Å². The second-order valence-electron chi connectivity index (χ2n) is 14.4. The molecule has 12 atom stereocenters. The average Bonchev–Trinajstić information content (AvgIpc) is 3.22. The van der Waals surface area contributed by atoms with Gasteiger partial charge >= 0.3 is 0 Å². The molecule has 14 heteroatoms. The van der Waals surface area contributed by atoms with Crippen molar-refractivity contribution in [3.8, 4) is 0 Å². The van der Waals surface area contributed by atoms with Crippen LogP contribution in [0, 0.1) is 0 Å². The summed E-state index contributed by atoms with van der Waals surface area (Å²) in [6.07, 6.45) is 21.8. The van der Waals surface area contributed by atoms with Crippen LogP contribution in [-0.2, 0) is 23.7 Å². The van der Waals surface area contributed by atoms with Crippen molar-refractivity contribution in [3.63, 3.8) is 0 Å². The third kappa shape index (κ3) is 19.5. The van der Waals surface area contributed by atoms with Gasteiger partial charge in [-0.1, -0.05) is 105 Å². The van der Waals surface area contributed by atoms with E-state index in [0.717, 1.165) is 57.8 Å². The monoisotopic (exact) mass is 821 g/mol. The average molecular weight is 822 g/mol. The lowest BCUT2D eigenvalue weighted by atomic mass is 9.97. The normalized spacial score (nSPS) is 29.7. The minimum atomic E-state index is -1.79. The van der Waals surface area contributed by atoms with E-state index in [0.29, 0.717) is 12.8 Å². The summed E-state index contributed by atoms with van der Waals surface area (Å²) in [7, 11) is 0. The number of hydrogen-bond acceptors (Lipinski definition) is 13. The van der Waals surface area contributed by atoms with Crippen molar-refractivity contribution in [2.45, 2.75) is 164 Å². The Morgan fingerprint density at radius 1 is 0.638 bits per heavy atom. The molecule has 0 spiro atoms. The lowest BCUT2D eigenvalue weighted by molar-refractivity contribution is -0.359. The molecular weight excluding hydrogens is 750 g/mol.